The SMILES string of the molecule is CCOC(=O)/C=C/C1=CCC(C(=O)OCC)(C(=O)OCC)C1. The fourth-order valence-corrected chi connectivity index (χ4v) is 2.22. The van der Waals surface area contributed by atoms with Gasteiger partial charge in [0, 0.05) is 6.08 Å². The molecule has 6 nitrogen and oxygen atoms in total. The molecule has 0 aliphatic heterocycles. The number of hydrogen-bond acceptors (Lipinski definition) is 6. The lowest BCUT2D eigenvalue weighted by Crippen LogP contribution is -2.40. The van der Waals surface area contributed by atoms with E-state index in [4.69, 9.17) is 14.2 Å². The van der Waals surface area contributed by atoms with Gasteiger partial charge in [0.2, 0.25) is 0 Å². The summed E-state index contributed by atoms with van der Waals surface area (Å²) in [4.78, 5) is 35.7. The van der Waals surface area contributed by atoms with E-state index in [1.54, 1.807) is 32.9 Å². The van der Waals surface area contributed by atoms with Crippen molar-refractivity contribution in [1.82, 2.24) is 0 Å². The van der Waals surface area contributed by atoms with E-state index in [2.05, 4.69) is 0 Å². The Labute approximate surface area is 130 Å². The first kappa shape index (κ1) is 17.9. The third-order valence-electron chi connectivity index (χ3n) is 3.27. The molecule has 22 heavy (non-hydrogen) atoms. The lowest BCUT2D eigenvalue weighted by atomic mass is 9.84. The molecule has 0 heterocycles. The summed E-state index contributed by atoms with van der Waals surface area (Å²) >= 11 is 0. The van der Waals surface area contributed by atoms with Gasteiger partial charge < -0.3 is 14.2 Å². The van der Waals surface area contributed by atoms with E-state index in [1.807, 2.05) is 0 Å². The Balaban J connectivity index is 2.85. The molecule has 1 aliphatic rings. The highest BCUT2D eigenvalue weighted by Crippen LogP contribution is 2.40. The molecule has 0 radical (unpaired) electrons. The third kappa shape index (κ3) is 4.19. The number of carbonyl (C=O) groups excluding carboxylic acids is 3. The van der Waals surface area contributed by atoms with Crippen LogP contribution in [0.4, 0.5) is 0 Å². The molecule has 1 aliphatic carbocycles. The van der Waals surface area contributed by atoms with Crippen molar-refractivity contribution in [3.8, 4) is 0 Å². The van der Waals surface area contributed by atoms with Gasteiger partial charge in [0.05, 0.1) is 19.8 Å². The highest BCUT2D eigenvalue weighted by Gasteiger charge is 2.50. The number of rotatable bonds is 7. The van der Waals surface area contributed by atoms with E-state index in [1.165, 1.54) is 6.08 Å². The molecule has 0 amide bonds. The zero-order valence-corrected chi connectivity index (χ0v) is 13.2. The Hall–Kier alpha value is -2.11. The van der Waals surface area contributed by atoms with E-state index in [0.717, 1.165) is 0 Å². The van der Waals surface area contributed by atoms with Crippen LogP contribution in [0.5, 0.6) is 0 Å². The van der Waals surface area contributed by atoms with Crippen molar-refractivity contribution in [2.75, 3.05) is 19.8 Å². The van der Waals surface area contributed by atoms with E-state index in [9.17, 15) is 14.4 Å². The van der Waals surface area contributed by atoms with E-state index < -0.39 is 23.3 Å². The lowest BCUT2D eigenvalue weighted by molar-refractivity contribution is -0.171. The van der Waals surface area contributed by atoms with Crippen LogP contribution in [0.3, 0.4) is 0 Å². The van der Waals surface area contributed by atoms with Gasteiger partial charge in [-0.3, -0.25) is 9.59 Å². The van der Waals surface area contributed by atoms with Gasteiger partial charge in [0.15, 0.2) is 5.41 Å². The predicted molar refractivity (Wildman–Crippen MR) is 78.8 cm³/mol. The van der Waals surface area contributed by atoms with Crippen molar-refractivity contribution < 1.29 is 28.6 Å². The molecule has 0 fully saturated rings. The van der Waals surface area contributed by atoms with E-state index in [0.29, 0.717) is 5.57 Å². The number of esters is 3. The van der Waals surface area contributed by atoms with E-state index in [-0.39, 0.29) is 32.7 Å². The van der Waals surface area contributed by atoms with Crippen LogP contribution in [0.1, 0.15) is 33.6 Å². The molecule has 0 aromatic carbocycles. The molecule has 1 rings (SSSR count). The van der Waals surface area contributed by atoms with Crippen molar-refractivity contribution >= 4 is 17.9 Å². The van der Waals surface area contributed by atoms with Gasteiger partial charge >= 0.3 is 17.9 Å². The van der Waals surface area contributed by atoms with Gasteiger partial charge in [-0.25, -0.2) is 4.79 Å². The van der Waals surface area contributed by atoms with Crippen molar-refractivity contribution in [3.05, 3.63) is 23.8 Å². The minimum Gasteiger partial charge on any atom is -0.465 e. The molecular formula is C16H22O6. The number of hydrogen-bond donors (Lipinski definition) is 0. The van der Waals surface area contributed by atoms with Gasteiger partial charge in [-0.05, 0) is 39.2 Å². The van der Waals surface area contributed by atoms with Crippen molar-refractivity contribution in [2.45, 2.75) is 33.6 Å². The zero-order valence-electron chi connectivity index (χ0n) is 13.2. The number of carbonyl (C=O) groups is 3. The van der Waals surface area contributed by atoms with Crippen molar-refractivity contribution in [3.63, 3.8) is 0 Å². The second-order valence-electron chi connectivity index (χ2n) is 4.77. The van der Waals surface area contributed by atoms with Gasteiger partial charge in [-0.1, -0.05) is 12.2 Å². The fourth-order valence-electron chi connectivity index (χ4n) is 2.22. The Morgan fingerprint density at radius 3 is 2.09 bits per heavy atom. The van der Waals surface area contributed by atoms with Crippen molar-refractivity contribution in [1.29, 1.82) is 0 Å². The van der Waals surface area contributed by atoms with Gasteiger partial charge in [-0.2, -0.15) is 0 Å². The zero-order chi connectivity index (χ0) is 16.6. The largest absolute Gasteiger partial charge is 0.465 e. The first-order valence-corrected chi connectivity index (χ1v) is 7.38. The van der Waals surface area contributed by atoms with Crippen molar-refractivity contribution in [2.24, 2.45) is 5.41 Å². The molecule has 122 valence electrons. The summed E-state index contributed by atoms with van der Waals surface area (Å²) in [5, 5.41) is 0. The molecule has 6 heteroatoms. The van der Waals surface area contributed by atoms with Gasteiger partial charge in [0.1, 0.15) is 0 Å². The predicted octanol–water partition coefficient (Wildman–Crippen LogP) is 1.94. The molecule has 0 saturated carbocycles. The maximum absolute atomic E-state index is 12.2. The van der Waals surface area contributed by atoms with Crippen LogP contribution in [0.2, 0.25) is 0 Å². The molecule has 0 aromatic rings. The highest BCUT2D eigenvalue weighted by molar-refractivity contribution is 6.01. The second-order valence-corrected chi connectivity index (χ2v) is 4.77. The molecule has 0 saturated heterocycles. The third-order valence-corrected chi connectivity index (χ3v) is 3.27. The Bertz CT molecular complexity index is 471. The summed E-state index contributed by atoms with van der Waals surface area (Å²) in [5.74, 6) is -1.65. The summed E-state index contributed by atoms with van der Waals surface area (Å²) < 4.78 is 14.8. The van der Waals surface area contributed by atoms with Crippen LogP contribution in [0, 0.1) is 5.41 Å². The van der Waals surface area contributed by atoms with Crippen LogP contribution in [0.15, 0.2) is 23.8 Å². The normalized spacial score (nSPS) is 16.2. The Morgan fingerprint density at radius 2 is 1.59 bits per heavy atom. The van der Waals surface area contributed by atoms with Crippen LogP contribution in [-0.2, 0) is 28.6 Å². The Kier molecular flexibility index (Phi) is 6.82. The number of ether oxygens (including phenoxy) is 3. The molecule has 0 bridgehead atoms. The van der Waals surface area contributed by atoms with Gasteiger partial charge in [-0.15, -0.1) is 0 Å². The molecule has 0 atom stereocenters. The highest BCUT2D eigenvalue weighted by atomic mass is 16.6. The molecule has 0 N–H and O–H groups in total. The fraction of sp³-hybridized carbons (Fsp3) is 0.562. The smallest absolute Gasteiger partial charge is 0.330 e. The second kappa shape index (κ2) is 8.36. The topological polar surface area (TPSA) is 78.9 Å². The molecular weight excluding hydrogens is 288 g/mol. The average Bonchev–Trinajstić information content (AvgIpc) is 2.92. The maximum Gasteiger partial charge on any atom is 0.330 e. The van der Waals surface area contributed by atoms with Gasteiger partial charge in [0.25, 0.3) is 0 Å². The van der Waals surface area contributed by atoms with Crippen LogP contribution < -0.4 is 0 Å². The first-order valence-electron chi connectivity index (χ1n) is 7.38. The van der Waals surface area contributed by atoms with Crippen LogP contribution in [-0.4, -0.2) is 37.7 Å². The molecule has 0 unspecified atom stereocenters. The summed E-state index contributed by atoms with van der Waals surface area (Å²) in [7, 11) is 0. The molecule has 0 spiro atoms. The minimum atomic E-state index is -1.35. The quantitative estimate of drug-likeness (QED) is 0.309. The molecule has 0 aromatic heterocycles. The summed E-state index contributed by atoms with van der Waals surface area (Å²) in [6.07, 6.45) is 4.93. The first-order chi connectivity index (χ1) is 10.5. The van der Waals surface area contributed by atoms with Crippen LogP contribution >= 0.6 is 0 Å². The Morgan fingerprint density at radius 1 is 1.05 bits per heavy atom. The standard InChI is InChI=1S/C16H22O6/c1-4-20-13(17)8-7-12-9-10-16(11-12,14(18)21-5-2)15(19)22-6-3/h7-9H,4-6,10-11H2,1-3H3/b8-7+. The lowest BCUT2D eigenvalue weighted by Gasteiger charge is -2.24. The average molecular weight is 310 g/mol. The van der Waals surface area contributed by atoms with Crippen LogP contribution in [0.25, 0.3) is 0 Å². The maximum atomic E-state index is 12.2. The van der Waals surface area contributed by atoms with E-state index >= 15 is 0 Å². The summed E-state index contributed by atoms with van der Waals surface area (Å²) in [6, 6.07) is 0. The minimum absolute atomic E-state index is 0.153. The summed E-state index contributed by atoms with van der Waals surface area (Å²) in [5.41, 5.74) is -0.644. The number of allylic oxidation sites excluding steroid dienone is 3. The summed E-state index contributed by atoms with van der Waals surface area (Å²) in [6.45, 7) is 5.74. The monoisotopic (exact) mass is 310 g/mol.